The molecule has 2 amide bonds. The minimum Gasteiger partial charge on any atom is -0.457 e. The summed E-state index contributed by atoms with van der Waals surface area (Å²) >= 11 is 13.4. The van der Waals surface area contributed by atoms with E-state index in [1.807, 2.05) is 19.1 Å². The lowest BCUT2D eigenvalue weighted by Gasteiger charge is -2.28. The minimum absolute atomic E-state index is 0.244. The molecule has 0 radical (unpaired) electrons. The van der Waals surface area contributed by atoms with Crippen LogP contribution in [0.4, 0.5) is 5.69 Å². The van der Waals surface area contributed by atoms with Gasteiger partial charge in [0, 0.05) is 16.5 Å². The predicted octanol–water partition coefficient (Wildman–Crippen LogP) is 6.19. The Balaban J connectivity index is 1.48. The van der Waals surface area contributed by atoms with Crippen LogP contribution in [-0.2, 0) is 9.59 Å². The molecule has 0 unspecified atom stereocenters. The van der Waals surface area contributed by atoms with E-state index in [0.717, 1.165) is 17.3 Å². The number of nitriles is 1. The molecular weight excluding hydrogens is 517 g/mol. The van der Waals surface area contributed by atoms with Crippen LogP contribution in [-0.4, -0.2) is 17.1 Å². The van der Waals surface area contributed by atoms with Crippen molar-refractivity contribution in [1.29, 1.82) is 5.26 Å². The Bertz CT molecular complexity index is 1490. The van der Waals surface area contributed by atoms with Crippen LogP contribution in [0.2, 0.25) is 10.0 Å². The number of amides is 2. The number of nitrogens with zero attached hydrogens (tertiary/aromatic N) is 2. The molecule has 2 N–H and O–H groups in total. The summed E-state index contributed by atoms with van der Waals surface area (Å²) in [5.74, 6) is -1.10. The minimum atomic E-state index is -0.762. The fraction of sp³-hybridized carbons (Fsp3) is 0.148. The number of thioether (sulfide) groups is 1. The molecule has 3 heterocycles. The van der Waals surface area contributed by atoms with Gasteiger partial charge < -0.3 is 10.2 Å². The zero-order valence-corrected chi connectivity index (χ0v) is 21.3. The van der Waals surface area contributed by atoms with Gasteiger partial charge in [0.1, 0.15) is 16.8 Å². The average Bonchev–Trinajstić information content (AvgIpc) is 3.40. The first-order valence-corrected chi connectivity index (χ1v) is 12.7. The van der Waals surface area contributed by atoms with E-state index in [0.29, 0.717) is 32.8 Å². The van der Waals surface area contributed by atoms with E-state index in [4.69, 9.17) is 33.4 Å². The van der Waals surface area contributed by atoms with Crippen LogP contribution in [0.25, 0.3) is 17.4 Å². The number of nitrogens with two attached hydrogens (primary N) is 1. The molecule has 2 aliphatic heterocycles. The van der Waals surface area contributed by atoms with Gasteiger partial charge >= 0.3 is 0 Å². The Hall–Kier alpha value is -3.44. The predicted molar refractivity (Wildman–Crippen MR) is 142 cm³/mol. The van der Waals surface area contributed by atoms with E-state index in [1.165, 1.54) is 4.90 Å². The van der Waals surface area contributed by atoms with Crippen molar-refractivity contribution in [2.24, 2.45) is 17.6 Å². The van der Waals surface area contributed by atoms with E-state index < -0.39 is 17.1 Å². The largest absolute Gasteiger partial charge is 0.457 e. The quantitative estimate of drug-likeness (QED) is 0.399. The summed E-state index contributed by atoms with van der Waals surface area (Å²) in [6.07, 6.45) is 3.39. The van der Waals surface area contributed by atoms with Gasteiger partial charge in [0.15, 0.2) is 0 Å². The van der Waals surface area contributed by atoms with Gasteiger partial charge in [-0.3, -0.25) is 9.59 Å². The first kappa shape index (κ1) is 24.3. The highest BCUT2D eigenvalue weighted by molar-refractivity contribution is 8.04. The summed E-state index contributed by atoms with van der Waals surface area (Å²) in [6.45, 7) is 1.93. The van der Waals surface area contributed by atoms with Crippen LogP contribution >= 0.6 is 35.0 Å². The van der Waals surface area contributed by atoms with E-state index in [1.54, 1.807) is 54.6 Å². The molecule has 6 nitrogen and oxygen atoms in total. The van der Waals surface area contributed by atoms with Crippen molar-refractivity contribution in [2.45, 2.75) is 12.2 Å². The Morgan fingerprint density at radius 3 is 2.53 bits per heavy atom. The number of furan rings is 1. The van der Waals surface area contributed by atoms with Gasteiger partial charge in [0.2, 0.25) is 11.8 Å². The molecule has 0 aliphatic carbocycles. The number of fused-ring (bicyclic) bond motifs is 1. The van der Waals surface area contributed by atoms with Crippen molar-refractivity contribution >= 4 is 58.5 Å². The van der Waals surface area contributed by atoms with Crippen molar-refractivity contribution < 1.29 is 14.0 Å². The molecule has 36 heavy (non-hydrogen) atoms. The second kappa shape index (κ2) is 9.55. The van der Waals surface area contributed by atoms with Crippen LogP contribution < -0.4 is 10.6 Å². The lowest BCUT2D eigenvalue weighted by atomic mass is 9.84. The number of carbonyl (C=O) groups is 2. The first-order chi connectivity index (χ1) is 17.3. The van der Waals surface area contributed by atoms with Crippen molar-refractivity contribution in [1.82, 2.24) is 0 Å². The highest BCUT2D eigenvalue weighted by Crippen LogP contribution is 2.47. The smallest absolute Gasteiger partial charge is 0.248 e. The highest BCUT2D eigenvalue weighted by Gasteiger charge is 2.55. The molecule has 9 heteroatoms. The number of hydrogen-bond donors (Lipinski definition) is 1. The number of rotatable bonds is 4. The van der Waals surface area contributed by atoms with Gasteiger partial charge in [-0.2, -0.15) is 5.26 Å². The second-order valence-corrected chi connectivity index (χ2v) is 10.5. The topological polar surface area (TPSA) is 100 Å². The fourth-order valence-electron chi connectivity index (χ4n) is 4.45. The Morgan fingerprint density at radius 2 is 1.83 bits per heavy atom. The Labute approximate surface area is 222 Å². The number of benzene rings is 2. The SMILES string of the molecule is Cc1ccc(N2C(=O)[C@H]3[C@@H](/C=C/c4ccc(-c5ccc(Cl)cc5Cl)o4)C(C#N)=C(N)S[C@H]3C2=O)cc1. The number of anilines is 1. The summed E-state index contributed by atoms with van der Waals surface area (Å²) in [5.41, 5.74) is 8.64. The van der Waals surface area contributed by atoms with Crippen molar-refractivity contribution in [2.75, 3.05) is 4.90 Å². The molecular formula is C27H19Cl2N3O3S. The lowest BCUT2D eigenvalue weighted by molar-refractivity contribution is -0.122. The van der Waals surface area contributed by atoms with E-state index in [-0.39, 0.29) is 22.4 Å². The summed E-state index contributed by atoms with van der Waals surface area (Å²) in [6, 6.07) is 17.9. The maximum atomic E-state index is 13.5. The second-order valence-electron chi connectivity index (χ2n) is 8.51. The zero-order chi connectivity index (χ0) is 25.6. The summed E-state index contributed by atoms with van der Waals surface area (Å²) < 4.78 is 5.93. The van der Waals surface area contributed by atoms with E-state index >= 15 is 0 Å². The van der Waals surface area contributed by atoms with Gasteiger partial charge in [-0.15, -0.1) is 0 Å². The molecule has 5 rings (SSSR count). The maximum Gasteiger partial charge on any atom is 0.248 e. The van der Waals surface area contributed by atoms with E-state index in [2.05, 4.69) is 6.07 Å². The van der Waals surface area contributed by atoms with Crippen molar-refractivity contribution in [3.05, 3.63) is 92.6 Å². The van der Waals surface area contributed by atoms with Crippen LogP contribution in [0.15, 0.2) is 75.7 Å². The number of imide groups is 1. The van der Waals surface area contributed by atoms with Crippen molar-refractivity contribution in [3.63, 3.8) is 0 Å². The molecule has 180 valence electrons. The molecule has 2 aromatic carbocycles. The molecule has 2 aliphatic rings. The number of aryl methyl sites for hydroxylation is 1. The molecule has 3 aromatic rings. The van der Waals surface area contributed by atoms with Crippen LogP contribution in [0.5, 0.6) is 0 Å². The molecule has 0 spiro atoms. The molecule has 3 atom stereocenters. The van der Waals surface area contributed by atoms with Gasteiger partial charge in [-0.1, -0.05) is 58.7 Å². The van der Waals surface area contributed by atoms with Crippen molar-refractivity contribution in [3.8, 4) is 17.4 Å². The summed E-state index contributed by atoms with van der Waals surface area (Å²) in [4.78, 5) is 28.0. The molecule has 0 saturated carbocycles. The third kappa shape index (κ3) is 4.22. The summed E-state index contributed by atoms with van der Waals surface area (Å²) in [5, 5.41) is 10.3. The third-order valence-electron chi connectivity index (χ3n) is 6.24. The van der Waals surface area contributed by atoms with Gasteiger partial charge in [-0.25, -0.2) is 4.90 Å². The maximum absolute atomic E-state index is 13.5. The first-order valence-electron chi connectivity index (χ1n) is 11.0. The molecule has 1 aromatic heterocycles. The van der Waals surface area contributed by atoms with Crippen LogP contribution in [0, 0.1) is 30.1 Å². The van der Waals surface area contributed by atoms with Gasteiger partial charge in [0.25, 0.3) is 0 Å². The average molecular weight is 536 g/mol. The molecule has 1 fully saturated rings. The zero-order valence-electron chi connectivity index (χ0n) is 18.9. The monoisotopic (exact) mass is 535 g/mol. The van der Waals surface area contributed by atoms with Crippen LogP contribution in [0.3, 0.4) is 0 Å². The molecule has 0 bridgehead atoms. The normalized spacial score (nSPS) is 21.8. The Morgan fingerprint density at radius 1 is 1.08 bits per heavy atom. The number of allylic oxidation sites excluding steroid dienone is 2. The lowest BCUT2D eigenvalue weighted by Crippen LogP contribution is -2.34. The summed E-state index contributed by atoms with van der Waals surface area (Å²) in [7, 11) is 0. The van der Waals surface area contributed by atoms with Crippen LogP contribution in [0.1, 0.15) is 11.3 Å². The van der Waals surface area contributed by atoms with E-state index in [9.17, 15) is 14.9 Å². The standard InChI is InChI=1S/C27H19Cl2N3O3S/c1-14-2-5-16(6-3-14)32-26(33)23-18(20(13-30)25(31)36-24(23)27(32)34)10-7-17-8-11-22(35-17)19-9-4-15(28)12-21(19)29/h2-12,18,23-24H,31H2,1H3/b10-7+/t18-,23-,24+/m0/s1. The number of carbonyl (C=O) groups excluding carboxylic acids is 2. The highest BCUT2D eigenvalue weighted by atomic mass is 35.5. The Kier molecular flexibility index (Phi) is 6.44. The third-order valence-corrected chi connectivity index (χ3v) is 8.01. The number of halogens is 2. The van der Waals surface area contributed by atoms with Gasteiger partial charge in [-0.05, 0) is 55.5 Å². The van der Waals surface area contributed by atoms with Gasteiger partial charge in [0.05, 0.1) is 33.3 Å². The number of hydrogen-bond acceptors (Lipinski definition) is 6. The molecule has 1 saturated heterocycles. The fourth-order valence-corrected chi connectivity index (χ4v) is 6.17.